The number of hydrogen-bond donors (Lipinski definition) is 2. The van der Waals surface area contributed by atoms with E-state index in [2.05, 4.69) is 15.3 Å². The van der Waals surface area contributed by atoms with E-state index in [4.69, 9.17) is 16.7 Å². The molecule has 1 aromatic heterocycles. The van der Waals surface area contributed by atoms with Crippen LogP contribution in [0, 0.1) is 0 Å². The highest BCUT2D eigenvalue weighted by Gasteiger charge is 2.27. The van der Waals surface area contributed by atoms with E-state index >= 15 is 0 Å². The average Bonchev–Trinajstić information content (AvgIpc) is 2.02. The first kappa shape index (κ1) is 10.7. The minimum Gasteiger partial charge on any atom is -0.480 e. The lowest BCUT2D eigenvalue weighted by Crippen LogP contribution is -2.40. The van der Waals surface area contributed by atoms with Crippen LogP contribution >= 0.6 is 11.6 Å². The molecule has 1 aromatic rings. The Hall–Kier alpha value is -1.36. The number of carboxylic acid groups (broad SMARTS) is 1. The maximum atomic E-state index is 10.8. The van der Waals surface area contributed by atoms with Crippen LogP contribution in [0.25, 0.3) is 0 Å². The summed E-state index contributed by atoms with van der Waals surface area (Å²) in [5.74, 6) is -0.635. The predicted octanol–water partition coefficient (Wildman–Crippen LogP) is 1.41. The Morgan fingerprint density at radius 3 is 2.71 bits per heavy atom. The molecular weight excluding hydrogens is 206 g/mol. The summed E-state index contributed by atoms with van der Waals surface area (Å²) in [6.45, 7) is 3.05. The van der Waals surface area contributed by atoms with E-state index in [1.165, 1.54) is 26.2 Å². The smallest absolute Gasteiger partial charge is 0.328 e. The molecule has 0 unspecified atom stereocenters. The van der Waals surface area contributed by atoms with Crippen molar-refractivity contribution in [3.05, 3.63) is 17.5 Å². The molecule has 0 aliphatic rings. The van der Waals surface area contributed by atoms with Gasteiger partial charge in [-0.2, -0.15) is 0 Å². The van der Waals surface area contributed by atoms with Crippen LogP contribution in [0.1, 0.15) is 13.8 Å². The Morgan fingerprint density at radius 1 is 1.57 bits per heavy atom. The van der Waals surface area contributed by atoms with E-state index < -0.39 is 11.5 Å². The number of carbonyl (C=O) groups is 1. The average molecular weight is 216 g/mol. The lowest BCUT2D eigenvalue weighted by molar-refractivity contribution is -0.141. The molecule has 1 heterocycles. The molecule has 0 radical (unpaired) electrons. The van der Waals surface area contributed by atoms with Crippen molar-refractivity contribution in [3.63, 3.8) is 0 Å². The zero-order valence-corrected chi connectivity index (χ0v) is 8.54. The van der Waals surface area contributed by atoms with Gasteiger partial charge in [-0.3, -0.25) is 4.98 Å². The molecule has 0 aliphatic heterocycles. The molecule has 1 rings (SSSR count). The van der Waals surface area contributed by atoms with Gasteiger partial charge in [-0.15, -0.1) is 0 Å². The van der Waals surface area contributed by atoms with Crippen LogP contribution in [0.3, 0.4) is 0 Å². The highest BCUT2D eigenvalue weighted by Crippen LogP contribution is 2.13. The molecule has 0 spiro atoms. The van der Waals surface area contributed by atoms with Crippen LogP contribution in [0.2, 0.25) is 5.15 Å². The van der Waals surface area contributed by atoms with Crippen molar-refractivity contribution in [2.75, 3.05) is 5.32 Å². The van der Waals surface area contributed by atoms with Crippen molar-refractivity contribution in [2.24, 2.45) is 0 Å². The standard InChI is InChI=1S/C8H10ClN3O2/c1-8(2,7(13)14)12-6-4-10-3-5(9)11-6/h3-4H,1-2H3,(H,11,12)(H,13,14). The van der Waals surface area contributed by atoms with Gasteiger partial charge in [-0.1, -0.05) is 11.6 Å². The van der Waals surface area contributed by atoms with Crippen LogP contribution in [0.5, 0.6) is 0 Å². The lowest BCUT2D eigenvalue weighted by atomic mass is 10.1. The molecule has 0 fully saturated rings. The maximum absolute atomic E-state index is 10.8. The van der Waals surface area contributed by atoms with E-state index in [-0.39, 0.29) is 5.15 Å². The van der Waals surface area contributed by atoms with Crippen LogP contribution in [-0.2, 0) is 4.79 Å². The first-order chi connectivity index (χ1) is 6.42. The molecule has 0 aromatic carbocycles. The van der Waals surface area contributed by atoms with Crippen LogP contribution in [-0.4, -0.2) is 26.6 Å². The largest absolute Gasteiger partial charge is 0.480 e. The van der Waals surface area contributed by atoms with E-state index in [1.807, 2.05) is 0 Å². The summed E-state index contributed by atoms with van der Waals surface area (Å²) < 4.78 is 0. The molecule has 0 saturated carbocycles. The van der Waals surface area contributed by atoms with Gasteiger partial charge in [0.05, 0.1) is 12.4 Å². The second-order valence-corrected chi connectivity index (χ2v) is 3.67. The van der Waals surface area contributed by atoms with E-state index in [9.17, 15) is 4.79 Å². The monoisotopic (exact) mass is 215 g/mol. The summed E-state index contributed by atoms with van der Waals surface area (Å²) in [5.41, 5.74) is -1.10. The van der Waals surface area contributed by atoms with Crippen LogP contribution in [0.15, 0.2) is 12.4 Å². The Labute approximate surface area is 86.1 Å². The van der Waals surface area contributed by atoms with E-state index in [1.54, 1.807) is 0 Å². The molecule has 6 heteroatoms. The van der Waals surface area contributed by atoms with Crippen molar-refractivity contribution >= 4 is 23.4 Å². The highest BCUT2D eigenvalue weighted by atomic mass is 35.5. The lowest BCUT2D eigenvalue weighted by Gasteiger charge is -2.21. The fourth-order valence-corrected chi connectivity index (χ4v) is 0.923. The number of halogens is 1. The third-order valence-electron chi connectivity index (χ3n) is 1.58. The molecule has 0 aliphatic carbocycles. The van der Waals surface area contributed by atoms with Gasteiger partial charge >= 0.3 is 5.97 Å². The third kappa shape index (κ3) is 2.56. The van der Waals surface area contributed by atoms with Crippen LogP contribution in [0.4, 0.5) is 5.82 Å². The highest BCUT2D eigenvalue weighted by molar-refractivity contribution is 6.29. The molecular formula is C8H10ClN3O2. The van der Waals surface area contributed by atoms with Crippen molar-refractivity contribution in [3.8, 4) is 0 Å². The number of rotatable bonds is 3. The zero-order valence-electron chi connectivity index (χ0n) is 7.78. The zero-order chi connectivity index (χ0) is 10.8. The number of carboxylic acids is 1. The fourth-order valence-electron chi connectivity index (χ4n) is 0.776. The van der Waals surface area contributed by atoms with Gasteiger partial charge in [0.25, 0.3) is 0 Å². The van der Waals surface area contributed by atoms with Crippen molar-refractivity contribution in [1.29, 1.82) is 0 Å². The molecule has 14 heavy (non-hydrogen) atoms. The number of anilines is 1. The molecule has 0 amide bonds. The number of nitrogens with zero attached hydrogens (tertiary/aromatic N) is 2. The Balaban J connectivity index is 2.83. The summed E-state index contributed by atoms with van der Waals surface area (Å²) in [6, 6.07) is 0. The number of aromatic nitrogens is 2. The Bertz CT molecular complexity index is 354. The van der Waals surface area contributed by atoms with E-state index in [0.717, 1.165) is 0 Å². The second kappa shape index (κ2) is 3.79. The minimum atomic E-state index is -1.10. The first-order valence-corrected chi connectivity index (χ1v) is 4.29. The van der Waals surface area contributed by atoms with Gasteiger partial charge in [0, 0.05) is 0 Å². The van der Waals surface area contributed by atoms with Gasteiger partial charge in [0.2, 0.25) is 0 Å². The topological polar surface area (TPSA) is 75.1 Å². The molecule has 2 N–H and O–H groups in total. The number of aliphatic carboxylic acids is 1. The van der Waals surface area contributed by atoms with Gasteiger partial charge in [-0.05, 0) is 13.8 Å². The van der Waals surface area contributed by atoms with Gasteiger partial charge in [0.15, 0.2) is 0 Å². The van der Waals surface area contributed by atoms with E-state index in [0.29, 0.717) is 5.82 Å². The predicted molar refractivity (Wildman–Crippen MR) is 52.4 cm³/mol. The van der Waals surface area contributed by atoms with Crippen molar-refractivity contribution in [2.45, 2.75) is 19.4 Å². The van der Waals surface area contributed by atoms with Gasteiger partial charge in [0.1, 0.15) is 16.5 Å². The van der Waals surface area contributed by atoms with Crippen molar-refractivity contribution < 1.29 is 9.90 Å². The molecule has 0 saturated heterocycles. The Morgan fingerprint density at radius 2 is 2.21 bits per heavy atom. The van der Waals surface area contributed by atoms with Gasteiger partial charge in [-0.25, -0.2) is 9.78 Å². The van der Waals surface area contributed by atoms with Crippen molar-refractivity contribution in [1.82, 2.24) is 9.97 Å². The summed E-state index contributed by atoms with van der Waals surface area (Å²) in [4.78, 5) is 18.4. The minimum absolute atomic E-state index is 0.219. The first-order valence-electron chi connectivity index (χ1n) is 3.91. The number of nitrogens with one attached hydrogen (secondary N) is 1. The van der Waals surface area contributed by atoms with Crippen LogP contribution < -0.4 is 5.32 Å². The Kier molecular flexibility index (Phi) is 2.90. The third-order valence-corrected chi connectivity index (χ3v) is 1.76. The molecule has 0 bridgehead atoms. The number of hydrogen-bond acceptors (Lipinski definition) is 4. The maximum Gasteiger partial charge on any atom is 0.328 e. The fraction of sp³-hybridized carbons (Fsp3) is 0.375. The molecule has 5 nitrogen and oxygen atoms in total. The normalized spacial score (nSPS) is 11.1. The SMILES string of the molecule is CC(C)(Nc1cncc(Cl)n1)C(=O)O. The molecule has 76 valence electrons. The summed E-state index contributed by atoms with van der Waals surface area (Å²) >= 11 is 5.59. The summed E-state index contributed by atoms with van der Waals surface area (Å²) in [7, 11) is 0. The quantitative estimate of drug-likeness (QED) is 0.797. The van der Waals surface area contributed by atoms with Gasteiger partial charge < -0.3 is 10.4 Å². The summed E-state index contributed by atoms with van der Waals surface area (Å²) in [6.07, 6.45) is 2.79. The molecule has 0 atom stereocenters. The second-order valence-electron chi connectivity index (χ2n) is 3.28. The summed E-state index contributed by atoms with van der Waals surface area (Å²) in [5, 5.41) is 11.7.